The van der Waals surface area contributed by atoms with Crippen LogP contribution in [0.3, 0.4) is 0 Å². The average Bonchev–Trinajstić information content (AvgIpc) is 2.53. The lowest BCUT2D eigenvalue weighted by Gasteiger charge is -2.30. The van der Waals surface area contributed by atoms with Crippen LogP contribution in [0.2, 0.25) is 0 Å². The van der Waals surface area contributed by atoms with Crippen molar-refractivity contribution in [1.82, 2.24) is 19.6 Å². The van der Waals surface area contributed by atoms with Gasteiger partial charge in [-0.3, -0.25) is 9.98 Å². The number of hydrogen-bond donors (Lipinski definition) is 0. The molecule has 24 heavy (non-hydrogen) atoms. The Morgan fingerprint density at radius 3 is 2.00 bits per heavy atom. The molecule has 0 aliphatic carbocycles. The van der Waals surface area contributed by atoms with Gasteiger partial charge in [0, 0.05) is 66.8 Å². The minimum absolute atomic E-state index is 0.576. The van der Waals surface area contributed by atoms with E-state index in [1.165, 1.54) is 0 Å². The van der Waals surface area contributed by atoms with Crippen LogP contribution in [0.15, 0.2) is 34.5 Å². The molecule has 0 N–H and O–H groups in total. The topological polar surface area (TPSA) is 37.7 Å². The van der Waals surface area contributed by atoms with Gasteiger partial charge in [0.05, 0.1) is 0 Å². The maximum Gasteiger partial charge on any atom is 0.200 e. The van der Waals surface area contributed by atoms with Crippen LogP contribution < -0.4 is 0 Å². The predicted molar refractivity (Wildman–Crippen MR) is 102 cm³/mol. The van der Waals surface area contributed by atoms with Crippen molar-refractivity contribution >= 4 is 11.9 Å². The van der Waals surface area contributed by atoms with Crippen molar-refractivity contribution < 1.29 is 0 Å². The minimum Gasteiger partial charge on any atom is -0.342 e. The third-order valence-electron chi connectivity index (χ3n) is 4.38. The fraction of sp³-hybridized carbons (Fsp3) is 0.667. The molecule has 0 saturated carbocycles. The molecule has 1 atom stereocenters. The molecule has 6 nitrogen and oxygen atoms in total. The van der Waals surface area contributed by atoms with Gasteiger partial charge in [-0.15, -0.1) is 0 Å². The zero-order chi connectivity index (χ0) is 17.5. The summed E-state index contributed by atoms with van der Waals surface area (Å²) in [6.45, 7) is 5.90. The van der Waals surface area contributed by atoms with E-state index in [9.17, 15) is 0 Å². The van der Waals surface area contributed by atoms with Crippen LogP contribution in [0, 0.1) is 5.92 Å². The molecule has 0 amide bonds. The number of hydrogen-bond acceptors (Lipinski definition) is 2. The lowest BCUT2D eigenvalue weighted by molar-refractivity contribution is 0.438. The van der Waals surface area contributed by atoms with Crippen LogP contribution in [0.25, 0.3) is 0 Å². The van der Waals surface area contributed by atoms with Crippen molar-refractivity contribution in [1.29, 1.82) is 0 Å². The normalized spacial score (nSPS) is 22.9. The van der Waals surface area contributed by atoms with Crippen molar-refractivity contribution in [3.05, 3.63) is 24.6 Å². The molecule has 134 valence electrons. The zero-order valence-corrected chi connectivity index (χ0v) is 15.8. The molecule has 2 rings (SSSR count). The maximum absolute atomic E-state index is 4.79. The second-order valence-corrected chi connectivity index (χ2v) is 6.82. The largest absolute Gasteiger partial charge is 0.342 e. The van der Waals surface area contributed by atoms with Gasteiger partial charge in [-0.25, -0.2) is 0 Å². The van der Waals surface area contributed by atoms with Gasteiger partial charge in [0.1, 0.15) is 0 Å². The summed E-state index contributed by atoms with van der Waals surface area (Å²) in [5.41, 5.74) is 0. The fourth-order valence-electron chi connectivity index (χ4n) is 2.97. The SMILES string of the molecule is CC(CCCN=C1N(C)C=CCN1C)CN=C1N(C)C=CCN1C. The van der Waals surface area contributed by atoms with Crippen molar-refractivity contribution in [2.24, 2.45) is 15.9 Å². The lowest BCUT2D eigenvalue weighted by Crippen LogP contribution is -2.41. The van der Waals surface area contributed by atoms with Crippen LogP contribution in [0.5, 0.6) is 0 Å². The van der Waals surface area contributed by atoms with E-state index in [0.29, 0.717) is 5.92 Å². The van der Waals surface area contributed by atoms with Gasteiger partial charge >= 0.3 is 0 Å². The molecule has 1 unspecified atom stereocenters. The van der Waals surface area contributed by atoms with Crippen molar-refractivity contribution in [3.63, 3.8) is 0 Å². The van der Waals surface area contributed by atoms with Crippen LogP contribution in [0.4, 0.5) is 0 Å². The summed E-state index contributed by atoms with van der Waals surface area (Å²) >= 11 is 0. The van der Waals surface area contributed by atoms with Gasteiger partial charge < -0.3 is 19.6 Å². The molecule has 0 aromatic rings. The highest BCUT2D eigenvalue weighted by Gasteiger charge is 2.14. The number of guanidine groups is 2. The molecular formula is C18H32N6. The van der Waals surface area contributed by atoms with E-state index in [2.05, 4.69) is 79.3 Å². The Hall–Kier alpha value is -1.98. The Labute approximate surface area is 146 Å². The van der Waals surface area contributed by atoms with E-state index >= 15 is 0 Å². The Balaban J connectivity index is 1.74. The first-order valence-electron chi connectivity index (χ1n) is 8.79. The number of likely N-dealkylation sites (N-methyl/N-ethyl adjacent to an activating group) is 2. The second kappa shape index (κ2) is 8.76. The van der Waals surface area contributed by atoms with E-state index in [4.69, 9.17) is 9.98 Å². The highest BCUT2D eigenvalue weighted by molar-refractivity contribution is 5.82. The van der Waals surface area contributed by atoms with Crippen LogP contribution >= 0.6 is 0 Å². The number of rotatable bonds is 6. The second-order valence-electron chi connectivity index (χ2n) is 6.82. The highest BCUT2D eigenvalue weighted by Crippen LogP contribution is 2.10. The van der Waals surface area contributed by atoms with Gasteiger partial charge in [-0.2, -0.15) is 0 Å². The summed E-state index contributed by atoms with van der Waals surface area (Å²) < 4.78 is 0. The molecule has 0 bridgehead atoms. The van der Waals surface area contributed by atoms with Crippen LogP contribution in [-0.4, -0.2) is 85.9 Å². The molecule has 2 heterocycles. The van der Waals surface area contributed by atoms with Gasteiger partial charge in [-0.1, -0.05) is 6.92 Å². The monoisotopic (exact) mass is 332 g/mol. The van der Waals surface area contributed by atoms with Gasteiger partial charge in [0.25, 0.3) is 0 Å². The predicted octanol–water partition coefficient (Wildman–Crippen LogP) is 1.90. The van der Waals surface area contributed by atoms with Gasteiger partial charge in [0.2, 0.25) is 0 Å². The first kappa shape index (κ1) is 18.4. The zero-order valence-electron chi connectivity index (χ0n) is 15.8. The molecule has 0 fully saturated rings. The summed E-state index contributed by atoms with van der Waals surface area (Å²) in [6, 6.07) is 0. The standard InChI is InChI=1S/C18H32N6/c1-16(15-20-18-23(4)13-8-14-24(18)5)9-6-10-19-17-21(2)11-7-12-22(17)3/h7-8,11,13,16H,6,9-10,12,14-15H2,1-5H3. The molecule has 0 saturated heterocycles. The molecule has 2 aliphatic heterocycles. The fourth-order valence-corrected chi connectivity index (χ4v) is 2.97. The Bertz CT molecular complexity index is 522. The molecule has 0 spiro atoms. The smallest absolute Gasteiger partial charge is 0.200 e. The first-order valence-corrected chi connectivity index (χ1v) is 8.79. The van der Waals surface area contributed by atoms with E-state index < -0.39 is 0 Å². The molecular weight excluding hydrogens is 300 g/mol. The minimum atomic E-state index is 0.576. The summed E-state index contributed by atoms with van der Waals surface area (Å²) in [5.74, 6) is 2.69. The van der Waals surface area contributed by atoms with Crippen LogP contribution in [0.1, 0.15) is 19.8 Å². The van der Waals surface area contributed by atoms with E-state index in [0.717, 1.165) is 50.9 Å². The van der Waals surface area contributed by atoms with Gasteiger partial charge in [-0.05, 0) is 30.9 Å². The summed E-state index contributed by atoms with van der Waals surface area (Å²) in [4.78, 5) is 18.1. The first-order chi connectivity index (χ1) is 11.5. The molecule has 0 aromatic heterocycles. The Morgan fingerprint density at radius 2 is 1.46 bits per heavy atom. The van der Waals surface area contributed by atoms with Crippen molar-refractivity contribution in [3.8, 4) is 0 Å². The van der Waals surface area contributed by atoms with Crippen molar-refractivity contribution in [2.45, 2.75) is 19.8 Å². The van der Waals surface area contributed by atoms with Crippen molar-refractivity contribution in [2.75, 3.05) is 54.4 Å². The van der Waals surface area contributed by atoms with Crippen LogP contribution in [-0.2, 0) is 0 Å². The highest BCUT2D eigenvalue weighted by atomic mass is 15.4. The molecule has 0 radical (unpaired) electrons. The van der Waals surface area contributed by atoms with E-state index in [1.807, 2.05) is 0 Å². The number of aliphatic imine (C=N–C) groups is 2. The van der Waals surface area contributed by atoms with E-state index in [-0.39, 0.29) is 0 Å². The molecule has 0 aromatic carbocycles. The summed E-state index contributed by atoms with van der Waals surface area (Å²) in [5, 5.41) is 0. The summed E-state index contributed by atoms with van der Waals surface area (Å²) in [7, 11) is 8.28. The lowest BCUT2D eigenvalue weighted by atomic mass is 10.1. The Morgan fingerprint density at radius 1 is 0.917 bits per heavy atom. The van der Waals surface area contributed by atoms with E-state index in [1.54, 1.807) is 0 Å². The Kier molecular flexibility index (Phi) is 6.70. The average molecular weight is 332 g/mol. The molecule has 2 aliphatic rings. The third kappa shape index (κ3) is 5.01. The maximum atomic E-state index is 4.79. The third-order valence-corrected chi connectivity index (χ3v) is 4.38. The quantitative estimate of drug-likeness (QED) is 0.696. The van der Waals surface area contributed by atoms with Gasteiger partial charge in [0.15, 0.2) is 11.9 Å². The molecule has 6 heteroatoms. The number of nitrogens with zero attached hydrogens (tertiary/aromatic N) is 6. The summed E-state index contributed by atoms with van der Waals surface area (Å²) in [6.07, 6.45) is 10.7.